The Morgan fingerprint density at radius 1 is 1.47 bits per heavy atom. The second-order valence-corrected chi connectivity index (χ2v) is 4.90. The van der Waals surface area contributed by atoms with Crippen molar-refractivity contribution in [3.8, 4) is 6.07 Å². The van der Waals surface area contributed by atoms with Gasteiger partial charge in [-0.2, -0.15) is 5.26 Å². The largest absolute Gasteiger partial charge is 0.397 e. The van der Waals surface area contributed by atoms with Crippen LogP contribution < -0.4 is 10.6 Å². The van der Waals surface area contributed by atoms with Gasteiger partial charge in [0.05, 0.1) is 41.8 Å². The normalized spacial score (nSPS) is 18.8. The number of hydrogen-bond acceptors (Lipinski definition) is 4. The van der Waals surface area contributed by atoms with E-state index >= 15 is 0 Å². The number of hydrogen-bond donors (Lipinski definition) is 1. The molecule has 0 bridgehead atoms. The van der Waals surface area contributed by atoms with Crippen LogP contribution in [0.3, 0.4) is 0 Å². The molecule has 1 heterocycles. The number of ether oxygens (including phenoxy) is 1. The van der Waals surface area contributed by atoms with E-state index in [4.69, 9.17) is 15.7 Å². The van der Waals surface area contributed by atoms with Gasteiger partial charge in [0.25, 0.3) is 0 Å². The van der Waals surface area contributed by atoms with Gasteiger partial charge in [-0.25, -0.2) is 0 Å². The molecule has 0 radical (unpaired) electrons. The maximum absolute atomic E-state index is 8.95. The molecule has 1 saturated heterocycles. The van der Waals surface area contributed by atoms with Crippen molar-refractivity contribution in [3.05, 3.63) is 23.8 Å². The van der Waals surface area contributed by atoms with Gasteiger partial charge in [-0.05, 0) is 32.0 Å². The lowest BCUT2D eigenvalue weighted by atomic mass is 10.0. The maximum Gasteiger partial charge on any atom is 0.0992 e. The zero-order valence-corrected chi connectivity index (χ0v) is 10.2. The maximum atomic E-state index is 8.95. The van der Waals surface area contributed by atoms with E-state index in [1.54, 1.807) is 12.1 Å². The van der Waals surface area contributed by atoms with E-state index in [-0.39, 0.29) is 5.54 Å². The van der Waals surface area contributed by atoms with Crippen LogP contribution in [0.5, 0.6) is 0 Å². The van der Waals surface area contributed by atoms with E-state index in [2.05, 4.69) is 24.8 Å². The summed E-state index contributed by atoms with van der Waals surface area (Å²) in [5, 5.41) is 8.95. The van der Waals surface area contributed by atoms with Gasteiger partial charge in [0.2, 0.25) is 0 Å². The monoisotopic (exact) mass is 231 g/mol. The molecule has 4 heteroatoms. The van der Waals surface area contributed by atoms with Gasteiger partial charge in [-0.3, -0.25) is 0 Å². The number of nitrogens with two attached hydrogens (primary N) is 1. The van der Waals surface area contributed by atoms with E-state index < -0.39 is 0 Å². The van der Waals surface area contributed by atoms with Crippen LogP contribution in [-0.4, -0.2) is 25.3 Å². The first kappa shape index (κ1) is 11.7. The lowest BCUT2D eigenvalue weighted by molar-refractivity contribution is 0.0645. The van der Waals surface area contributed by atoms with Crippen LogP contribution >= 0.6 is 0 Å². The lowest BCUT2D eigenvalue weighted by Crippen LogP contribution is -2.53. The summed E-state index contributed by atoms with van der Waals surface area (Å²) in [4.78, 5) is 2.21. The third-order valence-electron chi connectivity index (χ3n) is 3.10. The van der Waals surface area contributed by atoms with Crippen molar-refractivity contribution < 1.29 is 4.74 Å². The number of nitrogens with zero attached hydrogens (tertiary/aromatic N) is 2. The molecule has 0 atom stereocenters. The van der Waals surface area contributed by atoms with Gasteiger partial charge in [-0.1, -0.05) is 0 Å². The van der Waals surface area contributed by atoms with Crippen LogP contribution in [0.1, 0.15) is 19.4 Å². The molecule has 2 N–H and O–H groups in total. The minimum atomic E-state index is -0.0968. The average molecular weight is 231 g/mol. The Kier molecular flexibility index (Phi) is 2.95. The third kappa shape index (κ3) is 2.20. The molecule has 0 spiro atoms. The highest BCUT2D eigenvalue weighted by Crippen LogP contribution is 2.32. The molecule has 1 aromatic carbocycles. The van der Waals surface area contributed by atoms with E-state index in [9.17, 15) is 0 Å². The summed E-state index contributed by atoms with van der Waals surface area (Å²) in [6.07, 6.45) is 0. The fourth-order valence-electron chi connectivity index (χ4n) is 2.15. The van der Waals surface area contributed by atoms with Crippen LogP contribution in [0.25, 0.3) is 0 Å². The van der Waals surface area contributed by atoms with Crippen LogP contribution in [0, 0.1) is 11.3 Å². The fourth-order valence-corrected chi connectivity index (χ4v) is 2.15. The Labute approximate surface area is 102 Å². The summed E-state index contributed by atoms with van der Waals surface area (Å²) < 4.78 is 5.49. The molecule has 4 nitrogen and oxygen atoms in total. The Bertz CT molecular complexity index is 462. The highest BCUT2D eigenvalue weighted by Gasteiger charge is 2.31. The minimum absolute atomic E-state index is 0.0968. The van der Waals surface area contributed by atoms with Crippen molar-refractivity contribution in [3.63, 3.8) is 0 Å². The summed E-state index contributed by atoms with van der Waals surface area (Å²) in [5.74, 6) is 0. The summed E-state index contributed by atoms with van der Waals surface area (Å²) in [7, 11) is 0. The van der Waals surface area contributed by atoms with Gasteiger partial charge in [0.15, 0.2) is 0 Å². The molecular formula is C13H17N3O. The molecule has 1 aliphatic heterocycles. The van der Waals surface area contributed by atoms with Crippen LogP contribution in [0.15, 0.2) is 18.2 Å². The summed E-state index contributed by atoms with van der Waals surface area (Å²) in [6, 6.07) is 7.53. The molecule has 0 aromatic heterocycles. The number of benzene rings is 1. The molecule has 17 heavy (non-hydrogen) atoms. The molecule has 1 aromatic rings. The number of rotatable bonds is 1. The van der Waals surface area contributed by atoms with Crippen LogP contribution in [0.2, 0.25) is 0 Å². The number of nitrogen functional groups attached to an aromatic ring is 1. The molecular weight excluding hydrogens is 214 g/mol. The molecule has 0 saturated carbocycles. The average Bonchev–Trinajstić information content (AvgIpc) is 2.30. The van der Waals surface area contributed by atoms with Crippen molar-refractivity contribution >= 4 is 11.4 Å². The Morgan fingerprint density at radius 2 is 2.24 bits per heavy atom. The van der Waals surface area contributed by atoms with Gasteiger partial charge in [-0.15, -0.1) is 0 Å². The third-order valence-corrected chi connectivity index (χ3v) is 3.10. The molecule has 1 fully saturated rings. The minimum Gasteiger partial charge on any atom is -0.397 e. The molecule has 0 aliphatic carbocycles. The number of nitriles is 1. The smallest absolute Gasteiger partial charge is 0.0992 e. The molecule has 2 rings (SSSR count). The van der Waals surface area contributed by atoms with Gasteiger partial charge in [0.1, 0.15) is 0 Å². The van der Waals surface area contributed by atoms with Gasteiger partial charge < -0.3 is 15.4 Å². The van der Waals surface area contributed by atoms with E-state index in [1.165, 1.54) is 0 Å². The standard InChI is InChI=1S/C13H17N3O/c1-13(2)9-17-6-5-16(13)12-7-10(8-14)3-4-11(12)15/h3-4,7H,5-6,9,15H2,1-2H3. The first-order valence-electron chi connectivity index (χ1n) is 5.69. The van der Waals surface area contributed by atoms with Gasteiger partial charge >= 0.3 is 0 Å². The van der Waals surface area contributed by atoms with E-state index in [0.717, 1.165) is 12.2 Å². The molecule has 1 aliphatic rings. The quantitative estimate of drug-likeness (QED) is 0.748. The molecule has 0 amide bonds. The second kappa shape index (κ2) is 4.27. The SMILES string of the molecule is CC1(C)COCCN1c1cc(C#N)ccc1N. The lowest BCUT2D eigenvalue weighted by Gasteiger charge is -2.44. The Hall–Kier alpha value is -1.73. The van der Waals surface area contributed by atoms with Crippen molar-refractivity contribution in [2.75, 3.05) is 30.4 Å². The van der Waals surface area contributed by atoms with E-state index in [0.29, 0.717) is 24.5 Å². The highest BCUT2D eigenvalue weighted by atomic mass is 16.5. The zero-order valence-electron chi connectivity index (χ0n) is 10.2. The highest BCUT2D eigenvalue weighted by molar-refractivity contribution is 5.70. The first-order chi connectivity index (χ1) is 8.04. The van der Waals surface area contributed by atoms with Gasteiger partial charge in [0, 0.05) is 6.54 Å². The molecule has 90 valence electrons. The van der Waals surface area contributed by atoms with Crippen molar-refractivity contribution in [1.82, 2.24) is 0 Å². The summed E-state index contributed by atoms with van der Waals surface area (Å²) in [5.41, 5.74) is 8.18. The Balaban J connectivity index is 2.42. The van der Waals surface area contributed by atoms with Crippen LogP contribution in [0.4, 0.5) is 11.4 Å². The molecule has 0 unspecified atom stereocenters. The van der Waals surface area contributed by atoms with E-state index in [1.807, 2.05) is 6.07 Å². The number of morpholine rings is 1. The second-order valence-electron chi connectivity index (χ2n) is 4.90. The summed E-state index contributed by atoms with van der Waals surface area (Å²) >= 11 is 0. The predicted octanol–water partition coefficient (Wildman–Crippen LogP) is 1.76. The zero-order chi connectivity index (χ0) is 12.5. The Morgan fingerprint density at radius 3 is 2.88 bits per heavy atom. The fraction of sp³-hybridized carbons (Fsp3) is 0.462. The topological polar surface area (TPSA) is 62.3 Å². The first-order valence-corrected chi connectivity index (χ1v) is 5.69. The van der Waals surface area contributed by atoms with Crippen molar-refractivity contribution in [1.29, 1.82) is 5.26 Å². The van der Waals surface area contributed by atoms with Crippen molar-refractivity contribution in [2.45, 2.75) is 19.4 Å². The summed E-state index contributed by atoms with van der Waals surface area (Å²) in [6.45, 7) is 6.39. The predicted molar refractivity (Wildman–Crippen MR) is 67.8 cm³/mol. The van der Waals surface area contributed by atoms with Crippen molar-refractivity contribution in [2.24, 2.45) is 0 Å². The van der Waals surface area contributed by atoms with Crippen LogP contribution in [-0.2, 0) is 4.74 Å². The number of anilines is 2.